The van der Waals surface area contributed by atoms with E-state index < -0.39 is 11.5 Å². The molecule has 1 heterocycles. The van der Waals surface area contributed by atoms with Crippen molar-refractivity contribution >= 4 is 5.97 Å². The second-order valence-corrected chi connectivity index (χ2v) is 8.99. The maximum atomic E-state index is 11.8. The number of carboxylic acid groups (broad SMARTS) is 1. The molecular formula is C29H34N2O5. The third kappa shape index (κ3) is 5.87. The molecule has 1 aliphatic rings. The van der Waals surface area contributed by atoms with Crippen LogP contribution in [0.15, 0.2) is 78.9 Å². The molecule has 36 heavy (non-hydrogen) atoms. The van der Waals surface area contributed by atoms with Crippen molar-refractivity contribution in [3.8, 4) is 11.5 Å². The summed E-state index contributed by atoms with van der Waals surface area (Å²) >= 11 is 0. The Labute approximate surface area is 212 Å². The summed E-state index contributed by atoms with van der Waals surface area (Å²) in [6.07, 6.45) is 0.102. The van der Waals surface area contributed by atoms with Gasteiger partial charge in [0, 0.05) is 31.6 Å². The first-order valence-electron chi connectivity index (χ1n) is 12.2. The van der Waals surface area contributed by atoms with Crippen LogP contribution < -0.4 is 14.8 Å². The van der Waals surface area contributed by atoms with Gasteiger partial charge in [-0.1, -0.05) is 66.7 Å². The summed E-state index contributed by atoms with van der Waals surface area (Å²) in [5, 5.41) is 13.1. The highest BCUT2D eigenvalue weighted by atomic mass is 16.5. The number of carboxylic acids is 1. The van der Waals surface area contributed by atoms with Gasteiger partial charge in [0.2, 0.25) is 0 Å². The van der Waals surface area contributed by atoms with Crippen molar-refractivity contribution in [3.63, 3.8) is 0 Å². The lowest BCUT2D eigenvalue weighted by atomic mass is 9.77. The van der Waals surface area contributed by atoms with Gasteiger partial charge < -0.3 is 19.3 Å². The van der Waals surface area contributed by atoms with Crippen LogP contribution in [0.1, 0.15) is 16.7 Å². The van der Waals surface area contributed by atoms with Gasteiger partial charge in [0.05, 0.1) is 39.0 Å². The Bertz CT molecular complexity index is 1140. The lowest BCUT2D eigenvalue weighted by molar-refractivity contribution is -0.137. The van der Waals surface area contributed by atoms with Crippen LogP contribution in [0, 0.1) is 0 Å². The van der Waals surface area contributed by atoms with Crippen LogP contribution in [0.3, 0.4) is 0 Å². The SMILES string of the molecule is COc1ccccc1CC(NCC(=O)O)(c1ccccc1OC)C1CN(Cc2ccccc2)CCO1. The lowest BCUT2D eigenvalue weighted by Gasteiger charge is -2.46. The fraction of sp³-hybridized carbons (Fsp3) is 0.345. The maximum Gasteiger partial charge on any atom is 0.317 e. The zero-order valence-corrected chi connectivity index (χ0v) is 20.9. The van der Waals surface area contributed by atoms with E-state index in [2.05, 4.69) is 22.3 Å². The van der Waals surface area contributed by atoms with Gasteiger partial charge in [-0.05, 0) is 23.3 Å². The molecule has 0 amide bonds. The Balaban J connectivity index is 1.79. The molecule has 0 bridgehead atoms. The average molecular weight is 491 g/mol. The van der Waals surface area contributed by atoms with Crippen LogP contribution in [0.4, 0.5) is 0 Å². The molecule has 190 valence electrons. The van der Waals surface area contributed by atoms with Gasteiger partial charge in [-0.2, -0.15) is 0 Å². The second kappa shape index (κ2) is 12.0. The van der Waals surface area contributed by atoms with Gasteiger partial charge in [-0.15, -0.1) is 0 Å². The number of morpholine rings is 1. The number of ether oxygens (including phenoxy) is 3. The zero-order chi connectivity index (χ0) is 25.4. The minimum atomic E-state index is -0.939. The van der Waals surface area contributed by atoms with Gasteiger partial charge in [0.15, 0.2) is 0 Å². The first-order valence-corrected chi connectivity index (χ1v) is 12.2. The molecule has 2 atom stereocenters. The van der Waals surface area contributed by atoms with Crippen molar-refractivity contribution in [1.82, 2.24) is 10.2 Å². The van der Waals surface area contributed by atoms with E-state index >= 15 is 0 Å². The van der Waals surface area contributed by atoms with Gasteiger partial charge in [-0.25, -0.2) is 0 Å². The predicted molar refractivity (Wildman–Crippen MR) is 138 cm³/mol. The Hall–Kier alpha value is -3.39. The summed E-state index contributed by atoms with van der Waals surface area (Å²) in [6, 6.07) is 25.9. The topological polar surface area (TPSA) is 80.3 Å². The quantitative estimate of drug-likeness (QED) is 0.424. The Kier molecular flexibility index (Phi) is 8.59. The van der Waals surface area contributed by atoms with E-state index in [4.69, 9.17) is 14.2 Å². The smallest absolute Gasteiger partial charge is 0.317 e. The number of methoxy groups -OCH3 is 2. The molecule has 0 radical (unpaired) electrons. The normalized spacial score (nSPS) is 17.8. The third-order valence-electron chi connectivity index (χ3n) is 6.75. The fourth-order valence-electron chi connectivity index (χ4n) is 5.04. The second-order valence-electron chi connectivity index (χ2n) is 8.99. The molecule has 1 fully saturated rings. The summed E-state index contributed by atoms with van der Waals surface area (Å²) < 4.78 is 17.9. The standard InChI is InChI=1S/C29H34N2O5/c1-34-25-14-8-6-12-23(25)18-29(30-19-28(32)33,24-13-7-9-15-26(24)35-2)27-21-31(16-17-36-27)20-22-10-4-3-5-11-22/h3-15,27,30H,16-21H2,1-2H3,(H,32,33). The van der Waals surface area contributed by atoms with Crippen molar-refractivity contribution < 1.29 is 24.1 Å². The van der Waals surface area contributed by atoms with Crippen molar-refractivity contribution in [2.75, 3.05) is 40.5 Å². The first-order chi connectivity index (χ1) is 17.6. The molecule has 0 spiro atoms. The Morgan fingerprint density at radius 1 is 1.00 bits per heavy atom. The van der Waals surface area contributed by atoms with E-state index in [9.17, 15) is 9.90 Å². The van der Waals surface area contributed by atoms with E-state index in [0.717, 1.165) is 30.0 Å². The van der Waals surface area contributed by atoms with Crippen LogP contribution >= 0.6 is 0 Å². The maximum absolute atomic E-state index is 11.8. The van der Waals surface area contributed by atoms with Crippen LogP contribution in [0.25, 0.3) is 0 Å². The molecule has 2 N–H and O–H groups in total. The third-order valence-corrected chi connectivity index (χ3v) is 6.75. The summed E-state index contributed by atoms with van der Waals surface area (Å²) in [6.45, 7) is 2.51. The Morgan fingerprint density at radius 3 is 2.39 bits per heavy atom. The molecule has 1 saturated heterocycles. The molecule has 3 aromatic rings. The zero-order valence-electron chi connectivity index (χ0n) is 20.9. The van der Waals surface area contributed by atoms with Crippen LogP contribution in [-0.2, 0) is 28.0 Å². The van der Waals surface area contributed by atoms with Gasteiger partial charge in [0.1, 0.15) is 11.5 Å². The number of benzene rings is 3. The average Bonchev–Trinajstić information content (AvgIpc) is 2.92. The highest BCUT2D eigenvalue weighted by Crippen LogP contribution is 2.40. The molecular weight excluding hydrogens is 456 g/mol. The van der Waals surface area contributed by atoms with Crippen molar-refractivity contribution in [1.29, 1.82) is 0 Å². The molecule has 2 unspecified atom stereocenters. The van der Waals surface area contributed by atoms with Gasteiger partial charge in [0.25, 0.3) is 0 Å². The monoisotopic (exact) mass is 490 g/mol. The number of aliphatic carboxylic acids is 1. The summed E-state index contributed by atoms with van der Waals surface area (Å²) in [5.74, 6) is 0.478. The number of hydrogen-bond donors (Lipinski definition) is 2. The summed E-state index contributed by atoms with van der Waals surface area (Å²) in [4.78, 5) is 14.2. The highest BCUT2D eigenvalue weighted by Gasteiger charge is 2.46. The van der Waals surface area contributed by atoms with Crippen molar-refractivity contribution in [2.24, 2.45) is 0 Å². The van der Waals surface area contributed by atoms with Crippen molar-refractivity contribution in [2.45, 2.75) is 24.6 Å². The molecule has 7 heteroatoms. The number of carbonyl (C=O) groups is 1. The number of nitrogens with one attached hydrogen (secondary N) is 1. The molecule has 1 aliphatic heterocycles. The van der Waals surface area contributed by atoms with E-state index in [-0.39, 0.29) is 12.6 Å². The predicted octanol–water partition coefficient (Wildman–Crippen LogP) is 3.72. The molecule has 7 nitrogen and oxygen atoms in total. The molecule has 3 aromatic carbocycles. The fourth-order valence-corrected chi connectivity index (χ4v) is 5.04. The van der Waals surface area contributed by atoms with Crippen LogP contribution in [0.5, 0.6) is 11.5 Å². The first kappa shape index (κ1) is 25.7. The van der Waals surface area contributed by atoms with E-state index in [0.29, 0.717) is 25.3 Å². The molecule has 4 rings (SSSR count). The molecule has 0 saturated carbocycles. The molecule has 0 aromatic heterocycles. The summed E-state index contributed by atoms with van der Waals surface area (Å²) in [5.41, 5.74) is 2.14. The van der Waals surface area contributed by atoms with Gasteiger partial charge >= 0.3 is 5.97 Å². The van der Waals surface area contributed by atoms with E-state index in [1.807, 2.05) is 66.7 Å². The number of para-hydroxylation sites is 2. The van der Waals surface area contributed by atoms with Crippen LogP contribution in [0.2, 0.25) is 0 Å². The molecule has 0 aliphatic carbocycles. The minimum Gasteiger partial charge on any atom is -0.496 e. The highest BCUT2D eigenvalue weighted by molar-refractivity contribution is 5.69. The number of rotatable bonds is 11. The van der Waals surface area contributed by atoms with E-state index in [1.54, 1.807) is 14.2 Å². The largest absolute Gasteiger partial charge is 0.496 e. The van der Waals surface area contributed by atoms with E-state index in [1.165, 1.54) is 5.56 Å². The van der Waals surface area contributed by atoms with Crippen LogP contribution in [-0.4, -0.2) is 62.5 Å². The number of hydrogen-bond acceptors (Lipinski definition) is 6. The lowest BCUT2D eigenvalue weighted by Crippen LogP contribution is -2.61. The van der Waals surface area contributed by atoms with Gasteiger partial charge in [-0.3, -0.25) is 15.0 Å². The number of nitrogens with zero attached hydrogens (tertiary/aromatic N) is 1. The minimum absolute atomic E-state index is 0.230. The summed E-state index contributed by atoms with van der Waals surface area (Å²) in [7, 11) is 3.28. The van der Waals surface area contributed by atoms with Crippen molar-refractivity contribution in [3.05, 3.63) is 95.6 Å². The Morgan fingerprint density at radius 2 is 1.67 bits per heavy atom.